The number of hydrogen-bond acceptors (Lipinski definition) is 6. The Balaban J connectivity index is 0.941. The summed E-state index contributed by atoms with van der Waals surface area (Å²) >= 11 is 0. The first-order valence-corrected chi connectivity index (χ1v) is 15.6. The monoisotopic (exact) mass is 588 g/mol. The van der Waals surface area contributed by atoms with Gasteiger partial charge in [0.1, 0.15) is 5.82 Å². The van der Waals surface area contributed by atoms with Crippen molar-refractivity contribution in [2.24, 2.45) is 0 Å². The number of carbonyl (C=O) groups excluding carboxylic acids is 2. The summed E-state index contributed by atoms with van der Waals surface area (Å²) in [7, 11) is 0. The standard InChI is InChI=1S/C36H40N6O2/c1-26-9-11-29(22-33(26)30-8-5-17-37-24-30)36(44)40-31-13-18-41(19-14-31)25-27-10-12-34(38-23-27)42-20-15-32(16-21-42)39-35(43)28-6-3-2-4-7-28/h2-12,17,22-24,31-32H,13-16,18-21,25H2,1H3,(H,39,43)(H,40,44). The van der Waals surface area contributed by atoms with Crippen molar-refractivity contribution in [3.63, 3.8) is 0 Å². The van der Waals surface area contributed by atoms with Crippen molar-refractivity contribution < 1.29 is 9.59 Å². The molecule has 6 rings (SSSR count). The van der Waals surface area contributed by atoms with Gasteiger partial charge < -0.3 is 15.5 Å². The van der Waals surface area contributed by atoms with E-state index in [2.05, 4.69) is 44.5 Å². The van der Waals surface area contributed by atoms with Gasteiger partial charge >= 0.3 is 0 Å². The van der Waals surface area contributed by atoms with Gasteiger partial charge in [0.05, 0.1) is 0 Å². The molecule has 2 aliphatic rings. The third-order valence-corrected chi connectivity index (χ3v) is 8.80. The zero-order chi connectivity index (χ0) is 30.3. The number of carbonyl (C=O) groups is 2. The van der Waals surface area contributed by atoms with E-state index in [9.17, 15) is 9.59 Å². The van der Waals surface area contributed by atoms with E-state index in [1.54, 1.807) is 6.20 Å². The van der Waals surface area contributed by atoms with E-state index in [4.69, 9.17) is 4.98 Å². The lowest BCUT2D eigenvalue weighted by Crippen LogP contribution is -2.45. The van der Waals surface area contributed by atoms with Crippen molar-refractivity contribution in [1.29, 1.82) is 0 Å². The molecular weight excluding hydrogens is 548 g/mol. The maximum atomic E-state index is 13.1. The molecule has 4 heterocycles. The molecule has 0 bridgehead atoms. The largest absolute Gasteiger partial charge is 0.356 e. The minimum absolute atomic E-state index is 0.000376. The predicted molar refractivity (Wildman–Crippen MR) is 174 cm³/mol. The molecule has 226 valence electrons. The number of aryl methyl sites for hydroxylation is 1. The Bertz CT molecular complexity index is 1550. The maximum absolute atomic E-state index is 13.1. The van der Waals surface area contributed by atoms with Gasteiger partial charge in [-0.3, -0.25) is 19.5 Å². The highest BCUT2D eigenvalue weighted by Gasteiger charge is 2.24. The first-order valence-electron chi connectivity index (χ1n) is 15.6. The molecule has 0 saturated carbocycles. The minimum atomic E-state index is -0.0176. The van der Waals surface area contributed by atoms with Crippen LogP contribution in [0.1, 0.15) is 57.5 Å². The predicted octanol–water partition coefficient (Wildman–Crippen LogP) is 5.25. The Morgan fingerprint density at radius 1 is 0.773 bits per heavy atom. The number of likely N-dealkylation sites (tertiary alicyclic amines) is 1. The number of piperidine rings is 2. The van der Waals surface area contributed by atoms with E-state index in [0.29, 0.717) is 11.1 Å². The van der Waals surface area contributed by atoms with E-state index in [-0.39, 0.29) is 23.9 Å². The third-order valence-electron chi connectivity index (χ3n) is 8.80. The molecule has 8 heteroatoms. The SMILES string of the molecule is Cc1ccc(C(=O)NC2CCN(Cc3ccc(N4CCC(NC(=O)c5ccccc5)CC4)nc3)CC2)cc1-c1cccnc1. The summed E-state index contributed by atoms with van der Waals surface area (Å²) < 4.78 is 0. The van der Waals surface area contributed by atoms with Crippen LogP contribution in [0.2, 0.25) is 0 Å². The topological polar surface area (TPSA) is 90.5 Å². The van der Waals surface area contributed by atoms with Gasteiger partial charge in [-0.2, -0.15) is 0 Å². The van der Waals surface area contributed by atoms with Crippen molar-refractivity contribution in [3.05, 3.63) is 114 Å². The van der Waals surface area contributed by atoms with Crippen LogP contribution in [-0.4, -0.2) is 64.9 Å². The highest BCUT2D eigenvalue weighted by atomic mass is 16.2. The molecule has 0 aliphatic carbocycles. The number of rotatable bonds is 8. The molecule has 0 spiro atoms. The molecule has 2 aliphatic heterocycles. The molecule has 0 unspecified atom stereocenters. The van der Waals surface area contributed by atoms with E-state index in [1.807, 2.05) is 73.1 Å². The molecule has 0 atom stereocenters. The minimum Gasteiger partial charge on any atom is -0.356 e. The molecular formula is C36H40N6O2. The average molecular weight is 589 g/mol. The fraction of sp³-hybridized carbons (Fsp3) is 0.333. The molecule has 0 radical (unpaired) electrons. The van der Waals surface area contributed by atoms with Crippen LogP contribution in [0.15, 0.2) is 91.4 Å². The number of anilines is 1. The molecule has 4 aromatic rings. The number of amides is 2. The van der Waals surface area contributed by atoms with Crippen molar-refractivity contribution in [3.8, 4) is 11.1 Å². The second kappa shape index (κ2) is 13.8. The molecule has 2 N–H and O–H groups in total. The summed E-state index contributed by atoms with van der Waals surface area (Å²) in [5.41, 5.74) is 5.77. The lowest BCUT2D eigenvalue weighted by Gasteiger charge is -2.34. The summed E-state index contributed by atoms with van der Waals surface area (Å²) in [6.07, 6.45) is 9.25. The Kier molecular flexibility index (Phi) is 9.27. The smallest absolute Gasteiger partial charge is 0.251 e. The number of nitrogens with one attached hydrogen (secondary N) is 2. The van der Waals surface area contributed by atoms with Crippen LogP contribution in [0.3, 0.4) is 0 Å². The zero-order valence-electron chi connectivity index (χ0n) is 25.3. The number of aromatic nitrogens is 2. The van der Waals surface area contributed by atoms with E-state index in [0.717, 1.165) is 80.9 Å². The highest BCUT2D eigenvalue weighted by molar-refractivity contribution is 5.96. The Hall–Kier alpha value is -4.56. The normalized spacial score (nSPS) is 16.4. The lowest BCUT2D eigenvalue weighted by molar-refractivity contribution is 0.0906. The quantitative estimate of drug-likeness (QED) is 0.293. The second-order valence-electron chi connectivity index (χ2n) is 11.9. The van der Waals surface area contributed by atoms with Gasteiger partial charge in [0.15, 0.2) is 0 Å². The summed E-state index contributed by atoms with van der Waals surface area (Å²) in [6, 6.07) is 23.9. The molecule has 2 amide bonds. The lowest BCUT2D eigenvalue weighted by atomic mass is 9.98. The molecule has 8 nitrogen and oxygen atoms in total. The first kappa shape index (κ1) is 29.5. The van der Waals surface area contributed by atoms with Crippen LogP contribution in [0.25, 0.3) is 11.1 Å². The van der Waals surface area contributed by atoms with Crippen LogP contribution < -0.4 is 15.5 Å². The van der Waals surface area contributed by atoms with Crippen molar-refractivity contribution in [2.45, 2.75) is 51.2 Å². The molecule has 44 heavy (non-hydrogen) atoms. The summed E-state index contributed by atoms with van der Waals surface area (Å²) in [5.74, 6) is 0.973. The van der Waals surface area contributed by atoms with E-state index < -0.39 is 0 Å². The van der Waals surface area contributed by atoms with Crippen molar-refractivity contribution in [2.75, 3.05) is 31.1 Å². The molecule has 2 aromatic carbocycles. The van der Waals surface area contributed by atoms with Crippen LogP contribution >= 0.6 is 0 Å². The van der Waals surface area contributed by atoms with Crippen LogP contribution in [0.4, 0.5) is 5.82 Å². The summed E-state index contributed by atoms with van der Waals surface area (Å²) in [6.45, 7) is 6.53. The third kappa shape index (κ3) is 7.32. The van der Waals surface area contributed by atoms with Gasteiger partial charge in [-0.15, -0.1) is 0 Å². The first-order chi connectivity index (χ1) is 21.5. The zero-order valence-corrected chi connectivity index (χ0v) is 25.3. The molecule has 2 saturated heterocycles. The highest BCUT2D eigenvalue weighted by Crippen LogP contribution is 2.24. The Morgan fingerprint density at radius 2 is 1.48 bits per heavy atom. The maximum Gasteiger partial charge on any atom is 0.251 e. The van der Waals surface area contributed by atoms with Crippen LogP contribution in [-0.2, 0) is 6.54 Å². The van der Waals surface area contributed by atoms with Crippen molar-refractivity contribution >= 4 is 17.6 Å². The number of benzene rings is 2. The second-order valence-corrected chi connectivity index (χ2v) is 11.9. The summed E-state index contributed by atoms with van der Waals surface area (Å²) in [4.78, 5) is 39.3. The Morgan fingerprint density at radius 3 is 2.14 bits per heavy atom. The van der Waals surface area contributed by atoms with Gasteiger partial charge in [-0.1, -0.05) is 36.4 Å². The number of hydrogen-bond donors (Lipinski definition) is 2. The van der Waals surface area contributed by atoms with E-state index >= 15 is 0 Å². The average Bonchev–Trinajstić information content (AvgIpc) is 3.07. The molecule has 2 fully saturated rings. The van der Waals surface area contributed by atoms with Crippen LogP contribution in [0, 0.1) is 6.92 Å². The van der Waals surface area contributed by atoms with Gasteiger partial charge in [0.2, 0.25) is 0 Å². The fourth-order valence-corrected chi connectivity index (χ4v) is 6.17. The van der Waals surface area contributed by atoms with Gasteiger partial charge in [0.25, 0.3) is 11.8 Å². The van der Waals surface area contributed by atoms with Gasteiger partial charge in [-0.05, 0) is 85.7 Å². The number of pyridine rings is 2. The van der Waals surface area contributed by atoms with Crippen molar-refractivity contribution in [1.82, 2.24) is 25.5 Å². The number of nitrogens with zero attached hydrogens (tertiary/aromatic N) is 4. The van der Waals surface area contributed by atoms with Gasteiger partial charge in [-0.25, -0.2) is 4.98 Å². The Labute approximate surface area is 259 Å². The fourth-order valence-electron chi connectivity index (χ4n) is 6.17. The molecule has 2 aromatic heterocycles. The summed E-state index contributed by atoms with van der Waals surface area (Å²) in [5, 5.41) is 6.44. The van der Waals surface area contributed by atoms with E-state index in [1.165, 1.54) is 5.56 Å². The van der Waals surface area contributed by atoms with Gasteiger partial charge in [0, 0.05) is 80.1 Å². The van der Waals surface area contributed by atoms with Crippen LogP contribution in [0.5, 0.6) is 0 Å².